The van der Waals surface area contributed by atoms with Gasteiger partial charge in [0.1, 0.15) is 24.0 Å². The summed E-state index contributed by atoms with van der Waals surface area (Å²) in [5, 5.41) is 0.835. The Morgan fingerprint density at radius 1 is 1.23 bits per heavy atom. The zero-order valence-corrected chi connectivity index (χ0v) is 19.1. The molecule has 5 heteroatoms. The van der Waals surface area contributed by atoms with Gasteiger partial charge in [0.15, 0.2) is 0 Å². The van der Waals surface area contributed by atoms with E-state index in [2.05, 4.69) is 39.8 Å². The molecule has 0 N–H and O–H groups in total. The Balaban J connectivity index is 1.57. The molecule has 0 saturated carbocycles. The Morgan fingerprint density at radius 2 is 2.00 bits per heavy atom. The van der Waals surface area contributed by atoms with Crippen LogP contribution in [-0.2, 0) is 9.53 Å². The summed E-state index contributed by atoms with van der Waals surface area (Å²) in [7, 11) is 0. The fourth-order valence-corrected chi connectivity index (χ4v) is 4.44. The molecule has 0 unspecified atom stereocenters. The van der Waals surface area contributed by atoms with Crippen LogP contribution in [0.25, 0.3) is 11.0 Å². The average molecular weight is 425 g/mol. The highest BCUT2D eigenvalue weighted by molar-refractivity contribution is 5.77. The third-order valence-electron chi connectivity index (χ3n) is 6.34. The molecule has 0 saturated heterocycles. The van der Waals surface area contributed by atoms with E-state index in [1.54, 1.807) is 12.1 Å². The Hall–Kier alpha value is -2.82. The lowest BCUT2D eigenvalue weighted by Crippen LogP contribution is -2.42. The lowest BCUT2D eigenvalue weighted by atomic mass is 9.65. The smallest absolute Gasteiger partial charge is 0.336 e. The molecule has 3 rings (SSSR count). The van der Waals surface area contributed by atoms with Crippen molar-refractivity contribution in [2.75, 3.05) is 6.61 Å². The van der Waals surface area contributed by atoms with Gasteiger partial charge < -0.3 is 13.9 Å². The molecule has 0 spiro atoms. The van der Waals surface area contributed by atoms with Gasteiger partial charge in [0.25, 0.3) is 0 Å². The molecule has 5 nitrogen and oxygen atoms in total. The monoisotopic (exact) mass is 424 g/mol. The second-order valence-corrected chi connectivity index (χ2v) is 9.01. The summed E-state index contributed by atoms with van der Waals surface area (Å²) >= 11 is 0. The predicted octanol–water partition coefficient (Wildman–Crippen LogP) is 5.82. The fourth-order valence-electron chi connectivity index (χ4n) is 4.44. The minimum atomic E-state index is -0.356. The summed E-state index contributed by atoms with van der Waals surface area (Å²) in [6.45, 7) is 10.7. The van der Waals surface area contributed by atoms with Gasteiger partial charge in [-0.3, -0.25) is 4.79 Å². The standard InChI is InChI=1S/C26H32O5/c1-17(6-10-22-18(2)7-12-24(26(22,4)5)30-19(3)27)14-15-29-21-9-11-23-20(16-21)8-13-25(28)31-23/h7-9,11,13-14,16,22,24H,6,10,12,15H2,1-5H3/t22-,24+/m0/s1. The molecule has 0 radical (unpaired) electrons. The number of allylic oxidation sites excluding steroid dienone is 2. The average Bonchev–Trinajstić information content (AvgIpc) is 2.70. The highest BCUT2D eigenvalue weighted by Crippen LogP contribution is 2.45. The largest absolute Gasteiger partial charge is 0.490 e. The predicted molar refractivity (Wildman–Crippen MR) is 122 cm³/mol. The fraction of sp³-hybridized carbons (Fsp3) is 0.462. The van der Waals surface area contributed by atoms with Gasteiger partial charge in [0.05, 0.1) is 0 Å². The number of fused-ring (bicyclic) bond motifs is 1. The van der Waals surface area contributed by atoms with Crippen LogP contribution in [0.3, 0.4) is 0 Å². The molecule has 166 valence electrons. The molecule has 1 aliphatic carbocycles. The Kier molecular flexibility index (Phi) is 7.04. The van der Waals surface area contributed by atoms with Gasteiger partial charge in [0.2, 0.25) is 0 Å². The first-order chi connectivity index (χ1) is 14.7. The number of hydrogen-bond acceptors (Lipinski definition) is 5. The maximum Gasteiger partial charge on any atom is 0.336 e. The van der Waals surface area contributed by atoms with E-state index in [1.165, 1.54) is 24.1 Å². The van der Waals surface area contributed by atoms with Gasteiger partial charge in [-0.15, -0.1) is 0 Å². The van der Waals surface area contributed by atoms with Crippen molar-refractivity contribution in [1.82, 2.24) is 0 Å². The van der Waals surface area contributed by atoms with Gasteiger partial charge in [-0.1, -0.05) is 31.1 Å². The normalized spacial score (nSPS) is 20.9. The second-order valence-electron chi connectivity index (χ2n) is 9.01. The van der Waals surface area contributed by atoms with Gasteiger partial charge in [-0.2, -0.15) is 0 Å². The maximum atomic E-state index is 11.5. The highest BCUT2D eigenvalue weighted by atomic mass is 16.5. The number of carbonyl (C=O) groups excluding carboxylic acids is 1. The minimum absolute atomic E-state index is 0.0800. The quantitative estimate of drug-likeness (QED) is 0.318. The lowest BCUT2D eigenvalue weighted by Gasteiger charge is -2.44. The van der Waals surface area contributed by atoms with E-state index in [0.29, 0.717) is 18.1 Å². The lowest BCUT2D eigenvalue weighted by molar-refractivity contribution is -0.155. The van der Waals surface area contributed by atoms with Crippen LogP contribution in [0.5, 0.6) is 5.75 Å². The molecule has 2 aromatic rings. The highest BCUT2D eigenvalue weighted by Gasteiger charge is 2.41. The number of rotatable bonds is 7. The van der Waals surface area contributed by atoms with Crippen molar-refractivity contribution >= 4 is 16.9 Å². The summed E-state index contributed by atoms with van der Waals surface area (Å²) in [6, 6.07) is 8.57. The van der Waals surface area contributed by atoms with Crippen molar-refractivity contribution < 1.29 is 18.7 Å². The van der Waals surface area contributed by atoms with Crippen molar-refractivity contribution in [2.24, 2.45) is 11.3 Å². The summed E-state index contributed by atoms with van der Waals surface area (Å²) in [5.41, 5.74) is 2.74. The topological polar surface area (TPSA) is 65.7 Å². The Morgan fingerprint density at radius 3 is 2.74 bits per heavy atom. The van der Waals surface area contributed by atoms with E-state index >= 15 is 0 Å². The first-order valence-corrected chi connectivity index (χ1v) is 10.8. The molecule has 0 bridgehead atoms. The first kappa shape index (κ1) is 22.9. The minimum Gasteiger partial charge on any atom is -0.490 e. The third kappa shape index (κ3) is 5.66. The molecule has 1 heterocycles. The van der Waals surface area contributed by atoms with Crippen molar-refractivity contribution in [3.8, 4) is 5.75 Å². The van der Waals surface area contributed by atoms with E-state index in [4.69, 9.17) is 13.9 Å². The summed E-state index contributed by atoms with van der Waals surface area (Å²) in [4.78, 5) is 22.8. The van der Waals surface area contributed by atoms with E-state index in [1.807, 2.05) is 12.1 Å². The van der Waals surface area contributed by atoms with E-state index in [-0.39, 0.29) is 23.1 Å². The molecular formula is C26H32O5. The Labute approximate surface area is 183 Å². The molecule has 0 aliphatic heterocycles. The molecular weight excluding hydrogens is 392 g/mol. The molecule has 1 aliphatic rings. The summed E-state index contributed by atoms with van der Waals surface area (Å²) in [5.74, 6) is 0.889. The molecule has 1 aromatic carbocycles. The van der Waals surface area contributed by atoms with Gasteiger partial charge in [-0.05, 0) is 62.9 Å². The molecule has 2 atom stereocenters. The van der Waals surface area contributed by atoms with E-state index < -0.39 is 0 Å². The summed E-state index contributed by atoms with van der Waals surface area (Å²) in [6.07, 6.45) is 6.99. The van der Waals surface area contributed by atoms with Crippen LogP contribution in [0.4, 0.5) is 0 Å². The maximum absolute atomic E-state index is 11.5. The molecule has 1 aromatic heterocycles. The van der Waals surface area contributed by atoms with Crippen molar-refractivity contribution in [1.29, 1.82) is 0 Å². The zero-order chi connectivity index (χ0) is 22.6. The van der Waals surface area contributed by atoms with Gasteiger partial charge in [0, 0.05) is 30.2 Å². The number of benzene rings is 1. The van der Waals surface area contributed by atoms with Gasteiger partial charge in [-0.25, -0.2) is 4.79 Å². The van der Waals surface area contributed by atoms with Crippen molar-refractivity contribution in [3.05, 3.63) is 64.1 Å². The zero-order valence-electron chi connectivity index (χ0n) is 19.1. The third-order valence-corrected chi connectivity index (χ3v) is 6.34. The van der Waals surface area contributed by atoms with Crippen LogP contribution >= 0.6 is 0 Å². The van der Waals surface area contributed by atoms with Crippen LogP contribution < -0.4 is 10.4 Å². The van der Waals surface area contributed by atoms with Crippen LogP contribution in [0.2, 0.25) is 0 Å². The SMILES string of the molecule is CC(=O)O[C@@H]1CC=C(C)[C@H](CCC(C)=CCOc2ccc3oc(=O)ccc3c2)C1(C)C. The number of esters is 1. The van der Waals surface area contributed by atoms with Gasteiger partial charge >= 0.3 is 11.6 Å². The van der Waals surface area contributed by atoms with E-state index in [0.717, 1.165) is 30.4 Å². The number of hydrogen-bond donors (Lipinski definition) is 0. The molecule has 0 fully saturated rings. The second kappa shape index (κ2) is 9.54. The van der Waals surface area contributed by atoms with Crippen molar-refractivity contribution in [3.63, 3.8) is 0 Å². The molecule has 31 heavy (non-hydrogen) atoms. The van der Waals surface area contributed by atoms with Crippen LogP contribution in [0, 0.1) is 11.3 Å². The van der Waals surface area contributed by atoms with E-state index in [9.17, 15) is 9.59 Å². The first-order valence-electron chi connectivity index (χ1n) is 10.8. The van der Waals surface area contributed by atoms with Crippen LogP contribution in [-0.4, -0.2) is 18.7 Å². The summed E-state index contributed by atoms with van der Waals surface area (Å²) < 4.78 is 16.6. The number of ether oxygens (including phenoxy) is 2. The molecule has 0 amide bonds. The van der Waals surface area contributed by atoms with Crippen LogP contribution in [0.15, 0.2) is 62.8 Å². The van der Waals surface area contributed by atoms with Crippen molar-refractivity contribution in [2.45, 2.75) is 60.0 Å². The van der Waals surface area contributed by atoms with Crippen LogP contribution in [0.1, 0.15) is 53.9 Å². The Bertz CT molecular complexity index is 1060. The number of carbonyl (C=O) groups is 1.